The molecule has 2 nitrogen and oxygen atoms in total. The topological polar surface area (TPSA) is 18.5 Å². The maximum absolute atomic E-state index is 6.84. The lowest BCUT2D eigenvalue weighted by Crippen LogP contribution is -2.48. The van der Waals surface area contributed by atoms with Crippen molar-refractivity contribution in [2.45, 2.75) is 84.5 Å². The fraction of sp³-hybridized carbons (Fsp3) is 1.00. The highest BCUT2D eigenvalue weighted by Crippen LogP contribution is 2.68. The predicted octanol–water partition coefficient (Wildman–Crippen LogP) is 4.52. The van der Waals surface area contributed by atoms with Gasteiger partial charge in [-0.2, -0.15) is 0 Å². The first-order chi connectivity index (χ1) is 9.33. The summed E-state index contributed by atoms with van der Waals surface area (Å²) in [4.78, 5) is 0. The first-order valence-corrected chi connectivity index (χ1v) is 8.65. The molecular formula is C18H30O2. The quantitative estimate of drug-likeness (QED) is 0.739. The zero-order chi connectivity index (χ0) is 14.2. The van der Waals surface area contributed by atoms with E-state index in [0.717, 1.165) is 18.9 Å². The normalized spacial score (nSPS) is 56.4. The summed E-state index contributed by atoms with van der Waals surface area (Å²) in [7, 11) is 0. The minimum Gasteiger partial charge on any atom is -0.349 e. The highest BCUT2D eigenvalue weighted by Gasteiger charge is 2.66. The third-order valence-corrected chi connectivity index (χ3v) is 8.19. The lowest BCUT2D eigenvalue weighted by molar-refractivity contribution is -0.283. The van der Waals surface area contributed by atoms with Gasteiger partial charge in [-0.25, -0.2) is 0 Å². The molecule has 0 amide bonds. The van der Waals surface area contributed by atoms with Crippen LogP contribution in [0, 0.1) is 22.2 Å². The summed E-state index contributed by atoms with van der Waals surface area (Å²) >= 11 is 0. The molecule has 4 rings (SSSR count). The monoisotopic (exact) mass is 278 g/mol. The van der Waals surface area contributed by atoms with Crippen LogP contribution < -0.4 is 0 Å². The largest absolute Gasteiger partial charge is 0.349 e. The van der Waals surface area contributed by atoms with Crippen LogP contribution in [0.15, 0.2) is 0 Å². The molecule has 0 N–H and O–H groups in total. The molecule has 0 aromatic rings. The Morgan fingerprint density at radius 3 is 2.45 bits per heavy atom. The number of ether oxygens (including phenoxy) is 2. The van der Waals surface area contributed by atoms with Gasteiger partial charge in [0.05, 0.1) is 12.7 Å². The zero-order valence-corrected chi connectivity index (χ0v) is 13.6. The maximum atomic E-state index is 6.84. The Kier molecular flexibility index (Phi) is 2.59. The summed E-state index contributed by atoms with van der Waals surface area (Å²) in [5.74, 6) is 0.601. The Hall–Kier alpha value is -0.0800. The minimum absolute atomic E-state index is 0.249. The molecule has 5 atom stereocenters. The van der Waals surface area contributed by atoms with Crippen LogP contribution >= 0.6 is 0 Å². The van der Waals surface area contributed by atoms with Crippen molar-refractivity contribution in [2.75, 3.05) is 6.61 Å². The summed E-state index contributed by atoms with van der Waals surface area (Å²) in [5, 5.41) is 0. The highest BCUT2D eigenvalue weighted by atomic mass is 16.7. The van der Waals surface area contributed by atoms with E-state index in [2.05, 4.69) is 27.7 Å². The molecule has 114 valence electrons. The van der Waals surface area contributed by atoms with E-state index < -0.39 is 0 Å². The Morgan fingerprint density at radius 2 is 1.80 bits per heavy atom. The molecule has 20 heavy (non-hydrogen) atoms. The number of fused-ring (bicyclic) bond motifs is 3. The van der Waals surface area contributed by atoms with E-state index in [9.17, 15) is 0 Å². The van der Waals surface area contributed by atoms with E-state index >= 15 is 0 Å². The average molecular weight is 278 g/mol. The molecule has 0 spiro atoms. The van der Waals surface area contributed by atoms with Crippen LogP contribution in [-0.4, -0.2) is 18.5 Å². The third kappa shape index (κ3) is 1.38. The van der Waals surface area contributed by atoms with Crippen molar-refractivity contribution in [3.05, 3.63) is 0 Å². The SMILES string of the molecule is CC12CCCC1(OC1CC3CCC1(C)C3(C)C)OCC2. The first-order valence-electron chi connectivity index (χ1n) is 8.65. The van der Waals surface area contributed by atoms with E-state index in [1.165, 1.54) is 38.5 Å². The van der Waals surface area contributed by atoms with Crippen LogP contribution in [0.3, 0.4) is 0 Å². The van der Waals surface area contributed by atoms with Crippen molar-refractivity contribution < 1.29 is 9.47 Å². The molecule has 3 saturated carbocycles. The van der Waals surface area contributed by atoms with Crippen LogP contribution in [0.4, 0.5) is 0 Å². The van der Waals surface area contributed by atoms with E-state index in [0.29, 0.717) is 16.9 Å². The van der Waals surface area contributed by atoms with Crippen LogP contribution in [0.2, 0.25) is 0 Å². The maximum Gasteiger partial charge on any atom is 0.174 e. The van der Waals surface area contributed by atoms with E-state index in [1.54, 1.807) is 0 Å². The highest BCUT2D eigenvalue weighted by molar-refractivity contribution is 5.12. The predicted molar refractivity (Wildman–Crippen MR) is 79.4 cm³/mol. The summed E-state index contributed by atoms with van der Waals surface area (Å²) < 4.78 is 13.1. The molecule has 5 unspecified atom stereocenters. The van der Waals surface area contributed by atoms with Gasteiger partial charge in [-0.15, -0.1) is 0 Å². The Labute approximate surface area is 123 Å². The first kappa shape index (κ1) is 13.6. The van der Waals surface area contributed by atoms with E-state index in [-0.39, 0.29) is 11.2 Å². The molecule has 1 aliphatic heterocycles. The van der Waals surface area contributed by atoms with Crippen molar-refractivity contribution in [3.8, 4) is 0 Å². The van der Waals surface area contributed by atoms with Crippen molar-refractivity contribution in [3.63, 3.8) is 0 Å². The minimum atomic E-state index is -0.249. The molecule has 0 aromatic heterocycles. The van der Waals surface area contributed by atoms with Gasteiger partial charge in [0.25, 0.3) is 0 Å². The standard InChI is InChI=1S/C18H30O2/c1-15(2)13-6-9-17(15,4)14(12-13)20-18-8-5-7-16(18,3)10-11-19-18/h13-14H,5-12H2,1-4H3. The molecule has 2 bridgehead atoms. The summed E-state index contributed by atoms with van der Waals surface area (Å²) in [6.45, 7) is 10.7. The molecular weight excluding hydrogens is 248 g/mol. The lowest BCUT2D eigenvalue weighted by Gasteiger charge is -2.45. The number of hydrogen-bond donors (Lipinski definition) is 0. The lowest BCUT2D eigenvalue weighted by atomic mass is 9.69. The Balaban J connectivity index is 1.62. The second kappa shape index (κ2) is 3.81. The van der Waals surface area contributed by atoms with Gasteiger partial charge in [0.15, 0.2) is 5.79 Å². The van der Waals surface area contributed by atoms with E-state index in [4.69, 9.17) is 9.47 Å². The zero-order valence-electron chi connectivity index (χ0n) is 13.6. The molecule has 1 heterocycles. The molecule has 3 aliphatic carbocycles. The fourth-order valence-corrected chi connectivity index (χ4v) is 5.98. The molecule has 4 fully saturated rings. The molecule has 2 heteroatoms. The Bertz CT molecular complexity index is 417. The average Bonchev–Trinajstić information content (AvgIpc) is 2.95. The summed E-state index contributed by atoms with van der Waals surface area (Å²) in [6.07, 6.45) is 9.24. The van der Waals surface area contributed by atoms with Crippen LogP contribution in [0.5, 0.6) is 0 Å². The second-order valence-corrected chi connectivity index (χ2v) is 8.98. The molecule has 4 aliphatic rings. The van der Waals surface area contributed by atoms with Crippen LogP contribution in [-0.2, 0) is 9.47 Å². The van der Waals surface area contributed by atoms with Gasteiger partial charge >= 0.3 is 0 Å². The fourth-order valence-electron chi connectivity index (χ4n) is 5.98. The molecule has 1 saturated heterocycles. The van der Waals surface area contributed by atoms with Crippen molar-refractivity contribution in [1.29, 1.82) is 0 Å². The van der Waals surface area contributed by atoms with Gasteiger partial charge in [0.1, 0.15) is 0 Å². The summed E-state index contributed by atoms with van der Waals surface area (Å²) in [5.41, 5.74) is 1.05. The smallest absolute Gasteiger partial charge is 0.174 e. The molecule has 0 radical (unpaired) electrons. The summed E-state index contributed by atoms with van der Waals surface area (Å²) in [6, 6.07) is 0. The van der Waals surface area contributed by atoms with Crippen LogP contribution in [0.1, 0.15) is 72.6 Å². The molecule has 0 aromatic carbocycles. The van der Waals surface area contributed by atoms with Gasteiger partial charge in [-0.3, -0.25) is 0 Å². The number of hydrogen-bond acceptors (Lipinski definition) is 2. The van der Waals surface area contributed by atoms with Gasteiger partial charge in [-0.05, 0) is 55.3 Å². The van der Waals surface area contributed by atoms with Gasteiger partial charge in [0, 0.05) is 11.8 Å². The van der Waals surface area contributed by atoms with Crippen LogP contribution in [0.25, 0.3) is 0 Å². The third-order valence-electron chi connectivity index (χ3n) is 8.19. The van der Waals surface area contributed by atoms with Crippen molar-refractivity contribution in [2.24, 2.45) is 22.2 Å². The Morgan fingerprint density at radius 1 is 1.00 bits per heavy atom. The van der Waals surface area contributed by atoms with Gasteiger partial charge < -0.3 is 9.47 Å². The van der Waals surface area contributed by atoms with Gasteiger partial charge in [-0.1, -0.05) is 27.7 Å². The van der Waals surface area contributed by atoms with Crippen molar-refractivity contribution in [1.82, 2.24) is 0 Å². The number of rotatable bonds is 2. The van der Waals surface area contributed by atoms with Crippen molar-refractivity contribution >= 4 is 0 Å². The van der Waals surface area contributed by atoms with Gasteiger partial charge in [0.2, 0.25) is 0 Å². The van der Waals surface area contributed by atoms with E-state index in [1.807, 2.05) is 0 Å². The second-order valence-electron chi connectivity index (χ2n) is 8.98.